The van der Waals surface area contributed by atoms with E-state index in [9.17, 15) is 4.39 Å². The summed E-state index contributed by atoms with van der Waals surface area (Å²) in [5, 5.41) is 21.5. The molecular weight excluding hydrogens is 331 g/mol. The van der Waals surface area contributed by atoms with E-state index < -0.39 is 0 Å². The fraction of sp³-hybridized carbons (Fsp3) is 0.0714. The van der Waals surface area contributed by atoms with Gasteiger partial charge in [0.2, 0.25) is 5.16 Å². The molecule has 120 valence electrons. The third-order valence-corrected chi connectivity index (χ3v) is 4.27. The van der Waals surface area contributed by atoms with Crippen molar-refractivity contribution in [2.24, 2.45) is 0 Å². The highest BCUT2D eigenvalue weighted by Gasteiger charge is 2.15. The van der Waals surface area contributed by atoms with Crippen LogP contribution in [0.1, 0.15) is 5.82 Å². The number of nitrogen functional groups attached to an aromatic ring is 1. The predicted octanol–water partition coefficient (Wildman–Crippen LogP) is 1.70. The Morgan fingerprint density at radius 3 is 2.62 bits per heavy atom. The van der Waals surface area contributed by atoms with Gasteiger partial charge in [0.15, 0.2) is 11.5 Å². The quantitative estimate of drug-likeness (QED) is 0.566. The summed E-state index contributed by atoms with van der Waals surface area (Å²) >= 11 is 1.24. The summed E-state index contributed by atoms with van der Waals surface area (Å²) in [6, 6.07) is 9.87. The largest absolute Gasteiger partial charge is 0.336 e. The molecule has 0 amide bonds. The molecule has 0 saturated heterocycles. The summed E-state index contributed by atoms with van der Waals surface area (Å²) in [7, 11) is 0. The SMILES string of the molecule is Cc1nnc(Sc2ccc3nnc(-c4ccccc4F)n3n2)n1N. The molecule has 3 aromatic heterocycles. The van der Waals surface area contributed by atoms with Crippen LogP contribution in [-0.2, 0) is 0 Å². The fourth-order valence-electron chi connectivity index (χ4n) is 2.15. The van der Waals surface area contributed by atoms with Crippen LogP contribution in [0.5, 0.6) is 0 Å². The molecule has 0 fully saturated rings. The number of aryl methyl sites for hydroxylation is 1. The lowest BCUT2D eigenvalue weighted by Crippen LogP contribution is -2.11. The summed E-state index contributed by atoms with van der Waals surface area (Å²) in [5.74, 6) is 6.38. The number of aromatic nitrogens is 7. The van der Waals surface area contributed by atoms with Gasteiger partial charge < -0.3 is 5.84 Å². The number of halogens is 1. The van der Waals surface area contributed by atoms with Crippen LogP contribution >= 0.6 is 11.8 Å². The van der Waals surface area contributed by atoms with Crippen LogP contribution < -0.4 is 5.84 Å². The monoisotopic (exact) mass is 342 g/mol. The molecular formula is C14H11FN8S. The highest BCUT2D eigenvalue weighted by Crippen LogP contribution is 2.26. The number of hydrogen-bond acceptors (Lipinski definition) is 7. The van der Waals surface area contributed by atoms with Crippen LogP contribution in [0.4, 0.5) is 4.39 Å². The molecule has 0 unspecified atom stereocenters. The minimum Gasteiger partial charge on any atom is -0.336 e. The first-order chi connectivity index (χ1) is 11.6. The Morgan fingerprint density at radius 1 is 1.04 bits per heavy atom. The second-order valence-electron chi connectivity index (χ2n) is 4.95. The molecule has 0 radical (unpaired) electrons. The Labute approximate surface area is 139 Å². The van der Waals surface area contributed by atoms with Crippen LogP contribution in [0.2, 0.25) is 0 Å². The van der Waals surface area contributed by atoms with Crippen molar-refractivity contribution in [2.45, 2.75) is 17.1 Å². The molecule has 0 bridgehead atoms. The maximum absolute atomic E-state index is 14.0. The molecule has 10 heteroatoms. The second-order valence-corrected chi connectivity index (χ2v) is 5.93. The van der Waals surface area contributed by atoms with Crippen LogP contribution in [-0.4, -0.2) is 34.7 Å². The van der Waals surface area contributed by atoms with Gasteiger partial charge in [0.25, 0.3) is 0 Å². The van der Waals surface area contributed by atoms with Gasteiger partial charge in [-0.2, -0.15) is 9.61 Å². The summed E-state index contributed by atoms with van der Waals surface area (Å²) in [6.45, 7) is 1.75. The molecule has 1 aromatic carbocycles. The van der Waals surface area contributed by atoms with Crippen LogP contribution in [0.25, 0.3) is 17.0 Å². The van der Waals surface area contributed by atoms with Crippen molar-refractivity contribution in [3.05, 3.63) is 48.0 Å². The number of hydrogen-bond donors (Lipinski definition) is 1. The first kappa shape index (κ1) is 14.6. The zero-order valence-electron chi connectivity index (χ0n) is 12.5. The molecule has 0 spiro atoms. The third kappa shape index (κ3) is 2.36. The molecule has 4 rings (SSSR count). The maximum atomic E-state index is 14.0. The first-order valence-corrected chi connectivity index (χ1v) is 7.77. The standard InChI is InChI=1S/C14H11FN8S/c1-8-17-20-14(22(8)16)24-12-7-6-11-18-19-13(23(11)21-12)9-4-2-3-5-10(9)15/h2-7H,16H2,1H3. The van der Waals surface area contributed by atoms with E-state index in [1.165, 1.54) is 27.0 Å². The van der Waals surface area contributed by atoms with E-state index >= 15 is 0 Å². The van der Waals surface area contributed by atoms with Gasteiger partial charge in [-0.05, 0) is 43.0 Å². The van der Waals surface area contributed by atoms with Gasteiger partial charge in [0.1, 0.15) is 16.7 Å². The molecule has 8 nitrogen and oxygen atoms in total. The Balaban J connectivity index is 1.79. The van der Waals surface area contributed by atoms with Crippen molar-refractivity contribution in [1.82, 2.24) is 34.7 Å². The maximum Gasteiger partial charge on any atom is 0.216 e. The zero-order valence-corrected chi connectivity index (χ0v) is 13.3. The van der Waals surface area contributed by atoms with Crippen molar-refractivity contribution in [3.63, 3.8) is 0 Å². The molecule has 0 aliphatic carbocycles. The second kappa shape index (κ2) is 5.57. The van der Waals surface area contributed by atoms with Gasteiger partial charge in [0, 0.05) is 0 Å². The van der Waals surface area contributed by atoms with Gasteiger partial charge >= 0.3 is 0 Å². The normalized spacial score (nSPS) is 11.2. The molecule has 0 atom stereocenters. The van der Waals surface area contributed by atoms with Crippen LogP contribution in [0.3, 0.4) is 0 Å². The third-order valence-electron chi connectivity index (χ3n) is 3.38. The minimum atomic E-state index is -0.385. The summed E-state index contributed by atoms with van der Waals surface area (Å²) < 4.78 is 16.9. The summed E-state index contributed by atoms with van der Waals surface area (Å²) in [6.07, 6.45) is 0. The molecule has 0 saturated carbocycles. The highest BCUT2D eigenvalue weighted by atomic mass is 32.2. The van der Waals surface area contributed by atoms with E-state index in [2.05, 4.69) is 25.5 Å². The number of rotatable bonds is 3. The van der Waals surface area contributed by atoms with Crippen molar-refractivity contribution in [2.75, 3.05) is 5.84 Å². The average molecular weight is 342 g/mol. The fourth-order valence-corrected chi connectivity index (χ4v) is 2.91. The average Bonchev–Trinajstić information content (AvgIpc) is 3.14. The smallest absolute Gasteiger partial charge is 0.216 e. The topological polar surface area (TPSA) is 99.8 Å². The Hall–Kier alpha value is -3.01. The molecule has 24 heavy (non-hydrogen) atoms. The number of fused-ring (bicyclic) bond motifs is 1. The Morgan fingerprint density at radius 2 is 1.88 bits per heavy atom. The van der Waals surface area contributed by atoms with E-state index in [1.54, 1.807) is 37.3 Å². The minimum absolute atomic E-state index is 0.330. The lowest BCUT2D eigenvalue weighted by molar-refractivity contribution is 0.629. The van der Waals surface area contributed by atoms with Gasteiger partial charge in [-0.15, -0.1) is 20.4 Å². The van der Waals surface area contributed by atoms with Crippen molar-refractivity contribution in [1.29, 1.82) is 0 Å². The summed E-state index contributed by atoms with van der Waals surface area (Å²) in [4.78, 5) is 0. The van der Waals surface area contributed by atoms with E-state index in [0.29, 0.717) is 33.0 Å². The van der Waals surface area contributed by atoms with E-state index in [1.807, 2.05) is 0 Å². The number of nitrogens with zero attached hydrogens (tertiary/aromatic N) is 7. The molecule has 2 N–H and O–H groups in total. The lowest BCUT2D eigenvalue weighted by atomic mass is 10.2. The highest BCUT2D eigenvalue weighted by molar-refractivity contribution is 7.99. The number of benzene rings is 1. The molecule has 0 aliphatic heterocycles. The first-order valence-electron chi connectivity index (χ1n) is 6.96. The Kier molecular flexibility index (Phi) is 3.38. The molecule has 4 aromatic rings. The lowest BCUT2D eigenvalue weighted by Gasteiger charge is -2.03. The van der Waals surface area contributed by atoms with Crippen LogP contribution in [0, 0.1) is 12.7 Å². The van der Waals surface area contributed by atoms with Crippen molar-refractivity contribution >= 4 is 17.4 Å². The van der Waals surface area contributed by atoms with E-state index in [4.69, 9.17) is 5.84 Å². The molecule has 3 heterocycles. The van der Waals surface area contributed by atoms with Crippen molar-refractivity contribution < 1.29 is 4.39 Å². The summed E-state index contributed by atoms with van der Waals surface area (Å²) in [5.41, 5.74) is 0.848. The van der Waals surface area contributed by atoms with Crippen LogP contribution in [0.15, 0.2) is 46.6 Å². The van der Waals surface area contributed by atoms with Gasteiger partial charge in [-0.3, -0.25) is 0 Å². The molecule has 0 aliphatic rings. The Bertz CT molecular complexity index is 1040. The van der Waals surface area contributed by atoms with Gasteiger partial charge in [-0.1, -0.05) is 12.1 Å². The predicted molar refractivity (Wildman–Crippen MR) is 85.2 cm³/mol. The van der Waals surface area contributed by atoms with E-state index in [-0.39, 0.29) is 5.82 Å². The van der Waals surface area contributed by atoms with Gasteiger partial charge in [0.05, 0.1) is 5.56 Å². The van der Waals surface area contributed by atoms with E-state index in [0.717, 1.165) is 0 Å². The van der Waals surface area contributed by atoms with Crippen molar-refractivity contribution in [3.8, 4) is 11.4 Å². The zero-order chi connectivity index (χ0) is 16.7. The van der Waals surface area contributed by atoms with Gasteiger partial charge in [-0.25, -0.2) is 9.07 Å². The number of nitrogens with two attached hydrogens (primary N) is 1.